The van der Waals surface area contributed by atoms with E-state index in [9.17, 15) is 4.79 Å². The largest absolute Gasteiger partial charge is 0.461 e. The van der Waals surface area contributed by atoms with Gasteiger partial charge in [-0.2, -0.15) is 0 Å². The van der Waals surface area contributed by atoms with Gasteiger partial charge in [-0.15, -0.1) is 0 Å². The molecule has 3 nitrogen and oxygen atoms in total. The number of hydrogen-bond donors (Lipinski definition) is 1. The third-order valence-corrected chi connectivity index (χ3v) is 6.23. The van der Waals surface area contributed by atoms with Gasteiger partial charge in [0.25, 0.3) is 0 Å². The lowest BCUT2D eigenvalue weighted by Gasteiger charge is -2.32. The van der Waals surface area contributed by atoms with E-state index in [1.54, 1.807) is 6.92 Å². The fourth-order valence-corrected chi connectivity index (χ4v) is 4.22. The number of rotatable bonds is 2. The molecule has 1 rings (SSSR count). The van der Waals surface area contributed by atoms with E-state index in [0.717, 1.165) is 12.8 Å². The van der Waals surface area contributed by atoms with Gasteiger partial charge in [-0.1, -0.05) is 25.2 Å². The first-order valence-corrected chi connectivity index (χ1v) is 8.78. The zero-order valence-corrected chi connectivity index (χ0v) is 10.4. The number of esters is 1. The molecule has 1 heterocycles. The summed E-state index contributed by atoms with van der Waals surface area (Å²) in [5, 5.41) is 0. The van der Waals surface area contributed by atoms with Crippen molar-refractivity contribution >= 4 is 14.0 Å². The predicted octanol–water partition coefficient (Wildman–Crippen LogP) is 1.75. The molecule has 1 fully saturated rings. The van der Waals surface area contributed by atoms with Crippen LogP contribution in [0.15, 0.2) is 0 Å². The summed E-state index contributed by atoms with van der Waals surface area (Å²) in [6, 6.07) is 2.05. The van der Waals surface area contributed by atoms with Crippen LogP contribution in [-0.4, -0.2) is 26.2 Å². The van der Waals surface area contributed by atoms with E-state index in [1.807, 2.05) is 0 Å². The van der Waals surface area contributed by atoms with Crippen LogP contribution in [-0.2, 0) is 9.53 Å². The van der Waals surface area contributed by atoms with Crippen LogP contribution in [0.25, 0.3) is 0 Å². The smallest absolute Gasteiger partial charge is 0.322 e. The Balaban J connectivity index is 2.33. The van der Waals surface area contributed by atoms with Gasteiger partial charge in [-0.05, 0) is 19.8 Å². The number of carbonyl (C=O) groups is 1. The molecule has 0 amide bonds. The van der Waals surface area contributed by atoms with E-state index in [-0.39, 0.29) is 12.1 Å². The minimum Gasteiger partial charge on any atom is -0.461 e. The van der Waals surface area contributed by atoms with Crippen LogP contribution in [0.2, 0.25) is 25.2 Å². The van der Waals surface area contributed by atoms with Crippen molar-refractivity contribution in [3.63, 3.8) is 0 Å². The maximum absolute atomic E-state index is 11.2. The molecule has 0 bridgehead atoms. The van der Waals surface area contributed by atoms with Crippen molar-refractivity contribution in [2.24, 2.45) is 5.73 Å². The SMILES string of the molecule is C[C@H](N)C(=O)OC1CC[Si](C)(C)CC1. The third-order valence-electron chi connectivity index (χ3n) is 2.94. The Kier molecular flexibility index (Phi) is 3.72. The van der Waals surface area contributed by atoms with Gasteiger partial charge < -0.3 is 10.5 Å². The van der Waals surface area contributed by atoms with Gasteiger partial charge in [-0.3, -0.25) is 4.79 Å². The highest BCUT2D eigenvalue weighted by Gasteiger charge is 2.30. The summed E-state index contributed by atoms with van der Waals surface area (Å²) >= 11 is 0. The van der Waals surface area contributed by atoms with Gasteiger partial charge in [-0.25, -0.2) is 0 Å². The molecule has 1 aliphatic heterocycles. The van der Waals surface area contributed by atoms with E-state index >= 15 is 0 Å². The number of nitrogens with two attached hydrogens (primary N) is 1. The minimum atomic E-state index is -0.933. The van der Waals surface area contributed by atoms with Crippen molar-refractivity contribution in [3.8, 4) is 0 Å². The second kappa shape index (κ2) is 4.44. The molecule has 4 heteroatoms. The fraction of sp³-hybridized carbons (Fsp3) is 0.900. The highest BCUT2D eigenvalue weighted by molar-refractivity contribution is 6.77. The third kappa shape index (κ3) is 3.42. The zero-order chi connectivity index (χ0) is 10.8. The topological polar surface area (TPSA) is 52.3 Å². The summed E-state index contributed by atoms with van der Waals surface area (Å²) in [4.78, 5) is 11.2. The maximum atomic E-state index is 11.2. The monoisotopic (exact) mass is 215 g/mol. The van der Waals surface area contributed by atoms with Crippen molar-refractivity contribution in [1.82, 2.24) is 0 Å². The standard InChI is InChI=1S/C10H21NO2Si/c1-8(11)10(12)13-9-4-6-14(2,3)7-5-9/h8-9H,4-7,11H2,1-3H3/t8-/m0/s1. The normalized spacial score (nSPS) is 24.3. The van der Waals surface area contributed by atoms with Crippen LogP contribution in [0.4, 0.5) is 0 Å². The summed E-state index contributed by atoms with van der Waals surface area (Å²) in [6.45, 7) is 6.47. The van der Waals surface area contributed by atoms with Crippen molar-refractivity contribution < 1.29 is 9.53 Å². The van der Waals surface area contributed by atoms with Gasteiger partial charge in [0.15, 0.2) is 0 Å². The van der Waals surface area contributed by atoms with Gasteiger partial charge >= 0.3 is 5.97 Å². The molecule has 0 saturated carbocycles. The average Bonchev–Trinajstić information content (AvgIpc) is 2.08. The Morgan fingerprint density at radius 3 is 2.36 bits per heavy atom. The lowest BCUT2D eigenvalue weighted by atomic mass is 10.2. The fourth-order valence-electron chi connectivity index (χ4n) is 1.76. The summed E-state index contributed by atoms with van der Waals surface area (Å²) in [5.41, 5.74) is 5.44. The molecule has 0 aromatic rings. The molecule has 0 spiro atoms. The Bertz CT molecular complexity index is 206. The molecule has 82 valence electrons. The number of carbonyl (C=O) groups excluding carboxylic acids is 1. The van der Waals surface area contributed by atoms with Crippen LogP contribution in [0.1, 0.15) is 19.8 Å². The molecule has 0 aliphatic carbocycles. The van der Waals surface area contributed by atoms with Crippen molar-refractivity contribution in [1.29, 1.82) is 0 Å². The molecule has 14 heavy (non-hydrogen) atoms. The second-order valence-electron chi connectivity index (χ2n) is 5.09. The van der Waals surface area contributed by atoms with Gasteiger partial charge in [0, 0.05) is 8.07 Å². The lowest BCUT2D eigenvalue weighted by Crippen LogP contribution is -2.38. The molecular weight excluding hydrogens is 194 g/mol. The Morgan fingerprint density at radius 1 is 1.43 bits per heavy atom. The van der Waals surface area contributed by atoms with E-state index in [1.165, 1.54) is 12.1 Å². The van der Waals surface area contributed by atoms with Crippen molar-refractivity contribution in [3.05, 3.63) is 0 Å². The van der Waals surface area contributed by atoms with Crippen LogP contribution in [0, 0.1) is 0 Å². The maximum Gasteiger partial charge on any atom is 0.322 e. The first-order chi connectivity index (χ1) is 6.41. The molecule has 0 unspecified atom stereocenters. The van der Waals surface area contributed by atoms with Gasteiger partial charge in [0.2, 0.25) is 0 Å². The Labute approximate surface area is 87.0 Å². The molecule has 0 radical (unpaired) electrons. The Morgan fingerprint density at radius 2 is 1.93 bits per heavy atom. The van der Waals surface area contributed by atoms with Crippen molar-refractivity contribution in [2.45, 2.75) is 57.1 Å². The molecule has 0 aromatic heterocycles. The number of ether oxygens (including phenoxy) is 1. The average molecular weight is 215 g/mol. The van der Waals surface area contributed by atoms with Crippen molar-refractivity contribution in [2.75, 3.05) is 0 Å². The molecule has 1 atom stereocenters. The van der Waals surface area contributed by atoms with E-state index < -0.39 is 14.1 Å². The molecule has 1 aliphatic rings. The highest BCUT2D eigenvalue weighted by Crippen LogP contribution is 2.29. The van der Waals surface area contributed by atoms with Gasteiger partial charge in [0.05, 0.1) is 0 Å². The molecule has 2 N–H and O–H groups in total. The van der Waals surface area contributed by atoms with E-state index in [4.69, 9.17) is 10.5 Å². The number of hydrogen-bond acceptors (Lipinski definition) is 3. The van der Waals surface area contributed by atoms with Crippen LogP contribution < -0.4 is 5.73 Å². The van der Waals surface area contributed by atoms with Crippen LogP contribution in [0.5, 0.6) is 0 Å². The van der Waals surface area contributed by atoms with Gasteiger partial charge in [0.1, 0.15) is 12.1 Å². The summed E-state index contributed by atoms with van der Waals surface area (Å²) in [6.07, 6.45) is 2.21. The molecule has 0 aromatic carbocycles. The van der Waals surface area contributed by atoms with Crippen LogP contribution >= 0.6 is 0 Å². The highest BCUT2D eigenvalue weighted by atomic mass is 28.3. The Hall–Kier alpha value is -0.353. The van der Waals surface area contributed by atoms with Crippen LogP contribution in [0.3, 0.4) is 0 Å². The summed E-state index contributed by atoms with van der Waals surface area (Å²) < 4.78 is 5.30. The first kappa shape index (κ1) is 11.7. The van der Waals surface area contributed by atoms with E-state index in [0.29, 0.717) is 0 Å². The quantitative estimate of drug-likeness (QED) is 0.564. The second-order valence-corrected chi connectivity index (χ2v) is 10.4. The van der Waals surface area contributed by atoms with E-state index in [2.05, 4.69) is 13.1 Å². The summed E-state index contributed by atoms with van der Waals surface area (Å²) in [7, 11) is -0.933. The lowest BCUT2D eigenvalue weighted by molar-refractivity contribution is -0.150. The first-order valence-electron chi connectivity index (χ1n) is 5.37. The molecular formula is C10H21NO2Si. The molecule has 1 saturated heterocycles. The summed E-state index contributed by atoms with van der Waals surface area (Å²) in [5.74, 6) is -0.253. The predicted molar refractivity (Wildman–Crippen MR) is 59.9 cm³/mol. The zero-order valence-electron chi connectivity index (χ0n) is 9.38. The minimum absolute atomic E-state index is 0.133.